The topological polar surface area (TPSA) is 0 Å². The Morgan fingerprint density at radius 1 is 1.08 bits per heavy atom. The number of aryl methyl sites for hydroxylation is 1. The summed E-state index contributed by atoms with van der Waals surface area (Å²) in [5.74, 6) is 0.605. The van der Waals surface area contributed by atoms with Crippen LogP contribution in [0.5, 0.6) is 0 Å². The average Bonchev–Trinajstić information content (AvgIpc) is 2.57. The molecule has 0 aromatic heterocycles. The van der Waals surface area contributed by atoms with Gasteiger partial charge in [0.15, 0.2) is 0 Å². The van der Waals surface area contributed by atoms with Gasteiger partial charge in [-0.25, -0.2) is 0 Å². The Labute approximate surface area is 146 Å². The van der Waals surface area contributed by atoms with E-state index in [1.54, 1.807) is 0 Å². The molecule has 0 heteroatoms. The first kappa shape index (κ1) is 16.5. The summed E-state index contributed by atoms with van der Waals surface area (Å²) in [5.41, 5.74) is 9.06. The average molecular weight is 314 g/mol. The summed E-state index contributed by atoms with van der Waals surface area (Å²) in [6.45, 7) is 12.7. The summed E-state index contributed by atoms with van der Waals surface area (Å²) in [6, 6.07) is 17.5. The second kappa shape index (κ2) is 7.05. The van der Waals surface area contributed by atoms with E-state index in [-0.39, 0.29) is 0 Å². The number of hydrogen-bond acceptors (Lipinski definition) is 0. The lowest BCUT2D eigenvalue weighted by Crippen LogP contribution is -2.10. The smallest absolute Gasteiger partial charge is 0.0165 e. The molecule has 0 spiro atoms. The monoisotopic (exact) mass is 314 g/mol. The zero-order valence-electron chi connectivity index (χ0n) is 14.8. The summed E-state index contributed by atoms with van der Waals surface area (Å²) >= 11 is 0. The molecule has 0 N–H and O–H groups in total. The van der Waals surface area contributed by atoms with Gasteiger partial charge < -0.3 is 0 Å². The van der Waals surface area contributed by atoms with E-state index in [1.165, 1.54) is 45.4 Å². The Morgan fingerprint density at radius 3 is 2.50 bits per heavy atom. The third kappa shape index (κ3) is 3.76. The number of benzene rings is 2. The van der Waals surface area contributed by atoms with Crippen molar-refractivity contribution in [1.29, 1.82) is 0 Å². The van der Waals surface area contributed by atoms with Crippen molar-refractivity contribution in [3.05, 3.63) is 89.5 Å². The van der Waals surface area contributed by atoms with Gasteiger partial charge in [0.2, 0.25) is 0 Å². The van der Waals surface area contributed by atoms with Crippen molar-refractivity contribution in [2.24, 2.45) is 5.92 Å². The van der Waals surface area contributed by atoms with Gasteiger partial charge in [0.1, 0.15) is 0 Å². The standard InChI is InChI=1S/C24H26/c1-17(2)22-11-8-19(4)24(16-22)15-20-9-12-21(13-10-20)23-7-5-6-18(3)14-23/h5-7,9-10,12-15,22H,1,4,8,11,16H2,2-3H3/b24-15+. The predicted octanol–water partition coefficient (Wildman–Crippen LogP) is 6.98. The predicted molar refractivity (Wildman–Crippen MR) is 106 cm³/mol. The van der Waals surface area contributed by atoms with Crippen molar-refractivity contribution in [3.63, 3.8) is 0 Å². The van der Waals surface area contributed by atoms with Gasteiger partial charge in [-0.15, -0.1) is 0 Å². The van der Waals surface area contributed by atoms with Crippen LogP contribution in [0, 0.1) is 12.8 Å². The fourth-order valence-electron chi connectivity index (χ4n) is 3.40. The van der Waals surface area contributed by atoms with Gasteiger partial charge in [0.25, 0.3) is 0 Å². The maximum atomic E-state index is 4.26. The lowest BCUT2D eigenvalue weighted by Gasteiger charge is -2.26. The molecule has 1 atom stereocenters. The molecule has 0 aliphatic heterocycles. The highest BCUT2D eigenvalue weighted by molar-refractivity contribution is 5.67. The maximum absolute atomic E-state index is 4.26. The molecule has 24 heavy (non-hydrogen) atoms. The fraction of sp³-hybridized carbons (Fsp3) is 0.250. The molecule has 122 valence electrons. The second-order valence-electron chi connectivity index (χ2n) is 7.05. The van der Waals surface area contributed by atoms with E-state index < -0.39 is 0 Å². The molecule has 0 bridgehead atoms. The molecule has 0 amide bonds. The summed E-state index contributed by atoms with van der Waals surface area (Å²) in [4.78, 5) is 0. The van der Waals surface area contributed by atoms with Crippen LogP contribution in [-0.4, -0.2) is 0 Å². The van der Waals surface area contributed by atoms with E-state index in [0.717, 1.165) is 12.8 Å². The van der Waals surface area contributed by atoms with E-state index in [4.69, 9.17) is 0 Å². The minimum absolute atomic E-state index is 0.605. The van der Waals surface area contributed by atoms with Gasteiger partial charge in [0, 0.05) is 0 Å². The number of hydrogen-bond donors (Lipinski definition) is 0. The molecule has 1 fully saturated rings. The van der Waals surface area contributed by atoms with E-state index in [9.17, 15) is 0 Å². The van der Waals surface area contributed by atoms with E-state index >= 15 is 0 Å². The lowest BCUT2D eigenvalue weighted by atomic mass is 9.79. The van der Waals surface area contributed by atoms with Crippen LogP contribution in [0.2, 0.25) is 0 Å². The summed E-state index contributed by atoms with van der Waals surface area (Å²) in [6.07, 6.45) is 5.66. The molecule has 1 aliphatic rings. The molecule has 0 saturated heterocycles. The van der Waals surface area contributed by atoms with Crippen LogP contribution in [0.25, 0.3) is 17.2 Å². The quantitative estimate of drug-likeness (QED) is 0.536. The third-order valence-electron chi connectivity index (χ3n) is 5.01. The van der Waals surface area contributed by atoms with Crippen LogP contribution < -0.4 is 0 Å². The molecule has 0 heterocycles. The molecule has 0 nitrogen and oxygen atoms in total. The SMILES string of the molecule is C=C1CCC(C(=C)C)C/C1=C\c1ccc(-c2cccc(C)c2)cc1. The second-order valence-corrected chi connectivity index (χ2v) is 7.05. The van der Waals surface area contributed by atoms with Crippen molar-refractivity contribution >= 4 is 6.08 Å². The van der Waals surface area contributed by atoms with Crippen molar-refractivity contribution in [3.8, 4) is 11.1 Å². The van der Waals surface area contributed by atoms with Gasteiger partial charge in [-0.3, -0.25) is 0 Å². The molecule has 2 aromatic rings. The van der Waals surface area contributed by atoms with Crippen LogP contribution in [0.1, 0.15) is 37.3 Å². The highest BCUT2D eigenvalue weighted by Gasteiger charge is 2.19. The number of allylic oxidation sites excluding steroid dienone is 3. The normalized spacial score (nSPS) is 19.5. The number of rotatable bonds is 3. The largest absolute Gasteiger partial charge is 0.0998 e. The Morgan fingerprint density at radius 2 is 1.83 bits per heavy atom. The Bertz CT molecular complexity index is 787. The van der Waals surface area contributed by atoms with E-state index in [0.29, 0.717) is 5.92 Å². The fourth-order valence-corrected chi connectivity index (χ4v) is 3.40. The van der Waals surface area contributed by atoms with Crippen molar-refractivity contribution in [1.82, 2.24) is 0 Å². The summed E-state index contributed by atoms with van der Waals surface area (Å²) in [7, 11) is 0. The summed E-state index contributed by atoms with van der Waals surface area (Å²) in [5, 5.41) is 0. The van der Waals surface area contributed by atoms with Crippen molar-refractivity contribution < 1.29 is 0 Å². The first-order valence-corrected chi connectivity index (χ1v) is 8.74. The third-order valence-corrected chi connectivity index (χ3v) is 5.01. The van der Waals surface area contributed by atoms with Gasteiger partial charge in [-0.2, -0.15) is 0 Å². The zero-order chi connectivity index (χ0) is 17.1. The lowest BCUT2D eigenvalue weighted by molar-refractivity contribution is 0.526. The minimum Gasteiger partial charge on any atom is -0.0998 e. The van der Waals surface area contributed by atoms with Crippen molar-refractivity contribution in [2.45, 2.75) is 33.1 Å². The summed E-state index contributed by atoms with van der Waals surface area (Å²) < 4.78 is 0. The molecular weight excluding hydrogens is 288 g/mol. The Kier molecular flexibility index (Phi) is 4.85. The zero-order valence-corrected chi connectivity index (χ0v) is 14.8. The highest BCUT2D eigenvalue weighted by Crippen LogP contribution is 2.36. The van der Waals surface area contributed by atoms with Crippen LogP contribution in [0.3, 0.4) is 0 Å². The van der Waals surface area contributed by atoms with Crippen LogP contribution in [0.15, 0.2) is 78.4 Å². The van der Waals surface area contributed by atoms with Gasteiger partial charge in [0.05, 0.1) is 0 Å². The van der Waals surface area contributed by atoms with E-state index in [2.05, 4.69) is 81.6 Å². The maximum Gasteiger partial charge on any atom is -0.0165 e. The Hall–Kier alpha value is -2.34. The van der Waals surface area contributed by atoms with E-state index in [1.807, 2.05) is 0 Å². The van der Waals surface area contributed by atoms with Crippen LogP contribution in [0.4, 0.5) is 0 Å². The Balaban J connectivity index is 1.82. The molecule has 3 rings (SSSR count). The van der Waals surface area contributed by atoms with Crippen LogP contribution >= 0.6 is 0 Å². The molecule has 2 aromatic carbocycles. The van der Waals surface area contributed by atoms with Crippen molar-refractivity contribution in [2.75, 3.05) is 0 Å². The minimum atomic E-state index is 0.605. The first-order valence-electron chi connectivity index (χ1n) is 8.74. The van der Waals surface area contributed by atoms with Gasteiger partial charge in [-0.05, 0) is 61.3 Å². The van der Waals surface area contributed by atoms with Gasteiger partial charge >= 0.3 is 0 Å². The highest BCUT2D eigenvalue weighted by atomic mass is 14.2. The molecule has 1 saturated carbocycles. The van der Waals surface area contributed by atoms with Gasteiger partial charge in [-0.1, -0.05) is 84.5 Å². The molecule has 0 radical (unpaired) electrons. The molecular formula is C24H26. The van der Waals surface area contributed by atoms with Crippen LogP contribution in [-0.2, 0) is 0 Å². The first-order chi connectivity index (χ1) is 11.5. The molecule has 1 unspecified atom stereocenters. The molecule has 1 aliphatic carbocycles.